The second-order valence-corrected chi connectivity index (χ2v) is 6.51. The van der Waals surface area contributed by atoms with Crippen LogP contribution in [0.4, 0.5) is 4.39 Å². The normalized spacial score (nSPS) is 19.6. The first kappa shape index (κ1) is 14.9. The van der Waals surface area contributed by atoms with Gasteiger partial charge in [-0.05, 0) is 57.0 Å². The van der Waals surface area contributed by atoms with Gasteiger partial charge >= 0.3 is 0 Å². The monoisotopic (exact) mass is 328 g/mol. The van der Waals surface area contributed by atoms with Gasteiger partial charge < -0.3 is 5.32 Å². The topological polar surface area (TPSA) is 15.3 Å². The highest BCUT2D eigenvalue weighted by Gasteiger charge is 2.20. The van der Waals surface area contributed by atoms with Gasteiger partial charge in [-0.25, -0.2) is 4.39 Å². The number of nitrogens with zero attached hydrogens (tertiary/aromatic N) is 1. The fourth-order valence-electron chi connectivity index (χ4n) is 2.59. The van der Waals surface area contributed by atoms with Crippen LogP contribution in [0.15, 0.2) is 22.7 Å². The Hall–Kier alpha value is -0.450. The zero-order chi connectivity index (χ0) is 13.8. The summed E-state index contributed by atoms with van der Waals surface area (Å²) in [4.78, 5) is 2.41. The van der Waals surface area contributed by atoms with Gasteiger partial charge in [0.25, 0.3) is 0 Å². The molecule has 4 heteroatoms. The maximum atomic E-state index is 13.4. The van der Waals surface area contributed by atoms with Crippen LogP contribution in [-0.4, -0.2) is 30.1 Å². The molecule has 1 aromatic carbocycles. The average Bonchev–Trinajstić information content (AvgIpc) is 2.79. The maximum Gasteiger partial charge on any atom is 0.124 e. The van der Waals surface area contributed by atoms with Gasteiger partial charge in [0, 0.05) is 29.6 Å². The molecule has 0 radical (unpaired) electrons. The molecular weight excluding hydrogens is 307 g/mol. The van der Waals surface area contributed by atoms with Gasteiger partial charge in [0.15, 0.2) is 0 Å². The van der Waals surface area contributed by atoms with Crippen LogP contribution < -0.4 is 5.32 Å². The smallest absolute Gasteiger partial charge is 0.124 e. The van der Waals surface area contributed by atoms with Gasteiger partial charge in [0.1, 0.15) is 5.82 Å². The number of hydrogen-bond donors (Lipinski definition) is 1. The van der Waals surface area contributed by atoms with Crippen molar-refractivity contribution in [1.82, 2.24) is 10.2 Å². The third-order valence-electron chi connectivity index (χ3n) is 3.66. The van der Waals surface area contributed by atoms with E-state index < -0.39 is 0 Å². The minimum atomic E-state index is -0.174. The molecule has 0 amide bonds. The van der Waals surface area contributed by atoms with E-state index in [1.54, 1.807) is 6.07 Å². The Bertz CT molecular complexity index is 396. The van der Waals surface area contributed by atoms with Crippen LogP contribution in [0.1, 0.15) is 32.3 Å². The van der Waals surface area contributed by atoms with Crippen molar-refractivity contribution in [2.75, 3.05) is 13.1 Å². The van der Waals surface area contributed by atoms with Crippen molar-refractivity contribution in [3.05, 3.63) is 34.1 Å². The highest BCUT2D eigenvalue weighted by atomic mass is 79.9. The standard InChI is InChI=1S/C15H22BrFN2/c1-11(2)19(10-15-4-3-5-18-15)9-12-6-13(16)8-14(17)7-12/h6-8,11,15,18H,3-5,9-10H2,1-2H3. The molecular formula is C15H22BrFN2. The predicted octanol–water partition coefficient (Wildman–Crippen LogP) is 3.55. The molecule has 1 unspecified atom stereocenters. The van der Waals surface area contributed by atoms with E-state index in [4.69, 9.17) is 0 Å². The second-order valence-electron chi connectivity index (χ2n) is 5.59. The fraction of sp³-hybridized carbons (Fsp3) is 0.600. The van der Waals surface area contributed by atoms with Gasteiger partial charge in [0.2, 0.25) is 0 Å². The molecule has 0 saturated carbocycles. The van der Waals surface area contributed by atoms with Crippen molar-refractivity contribution in [3.63, 3.8) is 0 Å². The van der Waals surface area contributed by atoms with Gasteiger partial charge in [-0.1, -0.05) is 15.9 Å². The van der Waals surface area contributed by atoms with E-state index >= 15 is 0 Å². The van der Waals surface area contributed by atoms with Gasteiger partial charge in [-0.2, -0.15) is 0 Å². The van der Waals surface area contributed by atoms with Gasteiger partial charge in [-0.3, -0.25) is 4.90 Å². The predicted molar refractivity (Wildman–Crippen MR) is 80.7 cm³/mol. The molecule has 1 fully saturated rings. The van der Waals surface area contributed by atoms with Crippen molar-refractivity contribution < 1.29 is 4.39 Å². The van der Waals surface area contributed by atoms with E-state index in [-0.39, 0.29) is 5.82 Å². The van der Waals surface area contributed by atoms with Gasteiger partial charge in [-0.15, -0.1) is 0 Å². The van der Waals surface area contributed by atoms with E-state index in [0.717, 1.165) is 29.7 Å². The lowest BCUT2D eigenvalue weighted by Gasteiger charge is -2.29. The Labute approximate surface area is 123 Å². The Morgan fingerprint density at radius 3 is 2.79 bits per heavy atom. The zero-order valence-electron chi connectivity index (χ0n) is 11.6. The molecule has 0 bridgehead atoms. The molecule has 1 N–H and O–H groups in total. The number of rotatable bonds is 5. The first-order valence-corrected chi connectivity index (χ1v) is 7.76. The summed E-state index contributed by atoms with van der Waals surface area (Å²) in [6.45, 7) is 7.35. The van der Waals surface area contributed by atoms with E-state index in [0.29, 0.717) is 12.1 Å². The highest BCUT2D eigenvalue weighted by molar-refractivity contribution is 9.10. The summed E-state index contributed by atoms with van der Waals surface area (Å²) in [6, 6.07) is 6.17. The molecule has 19 heavy (non-hydrogen) atoms. The Balaban J connectivity index is 2.02. The van der Waals surface area contributed by atoms with E-state index in [9.17, 15) is 4.39 Å². The van der Waals surface area contributed by atoms with Crippen LogP contribution in [0, 0.1) is 5.82 Å². The molecule has 106 valence electrons. The first-order chi connectivity index (χ1) is 9.04. The van der Waals surface area contributed by atoms with Crippen molar-refractivity contribution in [2.24, 2.45) is 0 Å². The van der Waals surface area contributed by atoms with Crippen LogP contribution in [0.3, 0.4) is 0 Å². The minimum Gasteiger partial charge on any atom is -0.313 e. The molecule has 0 spiro atoms. The molecule has 0 aromatic heterocycles. The lowest BCUT2D eigenvalue weighted by atomic mass is 10.1. The molecule has 2 rings (SSSR count). The van der Waals surface area contributed by atoms with E-state index in [1.165, 1.54) is 18.9 Å². The maximum absolute atomic E-state index is 13.4. The Kier molecular flexibility index (Phi) is 5.37. The van der Waals surface area contributed by atoms with Crippen LogP contribution in [0.2, 0.25) is 0 Å². The largest absolute Gasteiger partial charge is 0.313 e. The Morgan fingerprint density at radius 2 is 2.21 bits per heavy atom. The average molecular weight is 329 g/mol. The first-order valence-electron chi connectivity index (χ1n) is 6.97. The second kappa shape index (κ2) is 6.82. The molecule has 0 aliphatic carbocycles. The number of benzene rings is 1. The molecule has 1 saturated heterocycles. The number of hydrogen-bond acceptors (Lipinski definition) is 2. The highest BCUT2D eigenvalue weighted by Crippen LogP contribution is 2.18. The summed E-state index contributed by atoms with van der Waals surface area (Å²) >= 11 is 3.36. The van der Waals surface area contributed by atoms with Crippen molar-refractivity contribution >= 4 is 15.9 Å². The van der Waals surface area contributed by atoms with E-state index in [1.807, 2.05) is 6.07 Å². The number of nitrogens with one attached hydrogen (secondary N) is 1. The molecule has 1 heterocycles. The summed E-state index contributed by atoms with van der Waals surface area (Å²) in [7, 11) is 0. The van der Waals surface area contributed by atoms with E-state index in [2.05, 4.69) is 40.0 Å². The number of halogens is 2. The Morgan fingerprint density at radius 1 is 1.42 bits per heavy atom. The summed E-state index contributed by atoms with van der Waals surface area (Å²) in [5.41, 5.74) is 1.03. The summed E-state index contributed by atoms with van der Waals surface area (Å²) < 4.78 is 14.2. The zero-order valence-corrected chi connectivity index (χ0v) is 13.2. The van der Waals surface area contributed by atoms with Crippen molar-refractivity contribution in [3.8, 4) is 0 Å². The molecule has 2 nitrogen and oxygen atoms in total. The van der Waals surface area contributed by atoms with Crippen LogP contribution in [0.5, 0.6) is 0 Å². The van der Waals surface area contributed by atoms with Gasteiger partial charge in [0.05, 0.1) is 0 Å². The minimum absolute atomic E-state index is 0.174. The summed E-state index contributed by atoms with van der Waals surface area (Å²) in [5, 5.41) is 3.53. The van der Waals surface area contributed by atoms with Crippen LogP contribution in [0.25, 0.3) is 0 Å². The van der Waals surface area contributed by atoms with Crippen LogP contribution in [-0.2, 0) is 6.54 Å². The van der Waals surface area contributed by atoms with Crippen LogP contribution >= 0.6 is 15.9 Å². The molecule has 1 aliphatic heterocycles. The molecule has 1 atom stereocenters. The summed E-state index contributed by atoms with van der Waals surface area (Å²) in [5.74, 6) is -0.174. The fourth-order valence-corrected chi connectivity index (χ4v) is 3.10. The third kappa shape index (κ3) is 4.55. The third-order valence-corrected chi connectivity index (χ3v) is 4.11. The van der Waals surface area contributed by atoms with Crippen molar-refractivity contribution in [1.29, 1.82) is 0 Å². The molecule has 1 aliphatic rings. The van der Waals surface area contributed by atoms with Crippen molar-refractivity contribution in [2.45, 2.75) is 45.3 Å². The lowest BCUT2D eigenvalue weighted by Crippen LogP contribution is -2.40. The quantitative estimate of drug-likeness (QED) is 0.889. The SMILES string of the molecule is CC(C)N(Cc1cc(F)cc(Br)c1)CC1CCCN1. The summed E-state index contributed by atoms with van der Waals surface area (Å²) in [6.07, 6.45) is 2.51. The lowest BCUT2D eigenvalue weighted by molar-refractivity contribution is 0.194. The molecule has 1 aromatic rings.